The van der Waals surface area contributed by atoms with Crippen molar-refractivity contribution >= 4 is 12.0 Å². The Morgan fingerprint density at radius 1 is 1.50 bits per heavy atom. The Labute approximate surface area is 118 Å². The third-order valence-electron chi connectivity index (χ3n) is 3.40. The van der Waals surface area contributed by atoms with Crippen LogP contribution in [-0.2, 0) is 14.3 Å². The predicted octanol–water partition coefficient (Wildman–Crippen LogP) is 0.187. The normalized spacial score (nSPS) is 29.2. The number of carbonyl (C=O) groups excluding carboxylic acids is 2. The highest BCUT2D eigenvalue weighted by Gasteiger charge is 2.53. The molecule has 2 aliphatic heterocycles. The fourth-order valence-corrected chi connectivity index (χ4v) is 2.41. The van der Waals surface area contributed by atoms with Crippen LogP contribution in [0, 0.1) is 0 Å². The highest BCUT2D eigenvalue weighted by atomic mass is 16.6. The molecular formula is C13H23N3O4. The van der Waals surface area contributed by atoms with Crippen LogP contribution in [0.15, 0.2) is 0 Å². The number of hydrogen-bond acceptors (Lipinski definition) is 5. The van der Waals surface area contributed by atoms with Gasteiger partial charge in [0.15, 0.2) is 5.72 Å². The first-order valence-electron chi connectivity index (χ1n) is 6.90. The standard InChI is InChI=1S/C13H23N3O4/c1-12(2,3)20-11(18)15-7-10(17)16-6-4-5-9(16)13(14)8-19-13/h9H,4-8,14H2,1-3H3,(H,15,18). The monoisotopic (exact) mass is 285 g/mol. The smallest absolute Gasteiger partial charge is 0.408 e. The Balaban J connectivity index is 1.81. The van der Waals surface area contributed by atoms with Gasteiger partial charge in [-0.15, -0.1) is 0 Å². The van der Waals surface area contributed by atoms with E-state index in [0.29, 0.717) is 13.2 Å². The van der Waals surface area contributed by atoms with Gasteiger partial charge >= 0.3 is 6.09 Å². The number of ether oxygens (including phenoxy) is 2. The number of nitrogens with two attached hydrogens (primary N) is 1. The van der Waals surface area contributed by atoms with Crippen molar-refractivity contribution in [2.45, 2.75) is 51.0 Å². The van der Waals surface area contributed by atoms with Gasteiger partial charge < -0.3 is 19.7 Å². The van der Waals surface area contributed by atoms with Crippen molar-refractivity contribution in [2.75, 3.05) is 19.7 Å². The van der Waals surface area contributed by atoms with Crippen LogP contribution < -0.4 is 11.1 Å². The molecule has 7 heteroatoms. The molecule has 2 rings (SSSR count). The first-order chi connectivity index (χ1) is 9.21. The summed E-state index contributed by atoms with van der Waals surface area (Å²) >= 11 is 0. The van der Waals surface area contributed by atoms with E-state index in [1.165, 1.54) is 0 Å². The van der Waals surface area contributed by atoms with Gasteiger partial charge in [0.2, 0.25) is 5.91 Å². The summed E-state index contributed by atoms with van der Waals surface area (Å²) in [7, 11) is 0. The summed E-state index contributed by atoms with van der Waals surface area (Å²) < 4.78 is 10.3. The quantitative estimate of drug-likeness (QED) is 0.721. The molecule has 0 aromatic rings. The molecule has 0 aromatic heterocycles. The minimum Gasteiger partial charge on any atom is -0.444 e. The van der Waals surface area contributed by atoms with E-state index in [1.54, 1.807) is 25.7 Å². The van der Waals surface area contributed by atoms with Gasteiger partial charge in [-0.25, -0.2) is 4.79 Å². The number of epoxide rings is 1. The SMILES string of the molecule is CC(C)(C)OC(=O)NCC(=O)N1CCCC1C1(N)CO1. The van der Waals surface area contributed by atoms with E-state index < -0.39 is 17.4 Å². The molecule has 3 N–H and O–H groups in total. The van der Waals surface area contributed by atoms with Gasteiger partial charge in [0.05, 0.1) is 12.6 Å². The summed E-state index contributed by atoms with van der Waals surface area (Å²) in [5.41, 5.74) is 4.73. The molecule has 2 unspecified atom stereocenters. The zero-order chi connectivity index (χ0) is 15.0. The van der Waals surface area contributed by atoms with Gasteiger partial charge in [-0.2, -0.15) is 0 Å². The van der Waals surface area contributed by atoms with Crippen molar-refractivity contribution in [1.82, 2.24) is 10.2 Å². The number of amides is 2. The van der Waals surface area contributed by atoms with E-state index in [0.717, 1.165) is 12.8 Å². The highest BCUT2D eigenvalue weighted by Crippen LogP contribution is 2.34. The van der Waals surface area contributed by atoms with E-state index in [9.17, 15) is 9.59 Å². The molecule has 2 saturated heterocycles. The first kappa shape index (κ1) is 15.1. The zero-order valence-corrected chi connectivity index (χ0v) is 12.3. The van der Waals surface area contributed by atoms with Crippen molar-refractivity contribution in [3.05, 3.63) is 0 Å². The van der Waals surface area contributed by atoms with Crippen LogP contribution in [0.2, 0.25) is 0 Å². The van der Waals surface area contributed by atoms with Crippen LogP contribution in [0.4, 0.5) is 4.79 Å². The fraction of sp³-hybridized carbons (Fsp3) is 0.846. The average molecular weight is 285 g/mol. The summed E-state index contributed by atoms with van der Waals surface area (Å²) in [6.07, 6.45) is 1.16. The van der Waals surface area contributed by atoms with Crippen molar-refractivity contribution in [3.63, 3.8) is 0 Å². The molecular weight excluding hydrogens is 262 g/mol. The average Bonchev–Trinajstić information content (AvgIpc) is 2.89. The lowest BCUT2D eigenvalue weighted by atomic mass is 10.1. The topological polar surface area (TPSA) is 97.2 Å². The lowest BCUT2D eigenvalue weighted by Crippen LogP contribution is -2.52. The van der Waals surface area contributed by atoms with Crippen LogP contribution in [-0.4, -0.2) is 54.0 Å². The van der Waals surface area contributed by atoms with Crippen LogP contribution in [0.3, 0.4) is 0 Å². The predicted molar refractivity (Wildman–Crippen MR) is 71.8 cm³/mol. The number of hydrogen-bond donors (Lipinski definition) is 2. The van der Waals surface area contributed by atoms with Crippen molar-refractivity contribution in [1.29, 1.82) is 0 Å². The second-order valence-electron chi connectivity index (χ2n) is 6.34. The summed E-state index contributed by atoms with van der Waals surface area (Å²) in [5.74, 6) is -0.154. The molecule has 2 amide bonds. The number of alkyl carbamates (subject to hydrolysis) is 1. The van der Waals surface area contributed by atoms with Crippen molar-refractivity contribution in [3.8, 4) is 0 Å². The number of nitrogens with one attached hydrogen (secondary N) is 1. The summed E-state index contributed by atoms with van der Waals surface area (Å²) in [4.78, 5) is 25.4. The maximum atomic E-state index is 12.1. The van der Waals surface area contributed by atoms with Crippen LogP contribution in [0.5, 0.6) is 0 Å². The fourth-order valence-electron chi connectivity index (χ4n) is 2.41. The van der Waals surface area contributed by atoms with Gasteiger partial charge in [0.25, 0.3) is 0 Å². The van der Waals surface area contributed by atoms with Gasteiger partial charge in [0.1, 0.15) is 12.1 Å². The van der Waals surface area contributed by atoms with E-state index in [4.69, 9.17) is 15.2 Å². The third-order valence-corrected chi connectivity index (χ3v) is 3.40. The third kappa shape index (κ3) is 3.61. The molecule has 0 aliphatic carbocycles. The lowest BCUT2D eigenvalue weighted by Gasteiger charge is -2.27. The van der Waals surface area contributed by atoms with Gasteiger partial charge in [-0.3, -0.25) is 10.5 Å². The number of nitrogens with zero attached hydrogens (tertiary/aromatic N) is 1. The molecule has 0 aromatic carbocycles. The van der Waals surface area contributed by atoms with E-state index >= 15 is 0 Å². The minimum absolute atomic E-state index is 0.0819. The molecule has 2 aliphatic rings. The molecule has 7 nitrogen and oxygen atoms in total. The first-order valence-corrected chi connectivity index (χ1v) is 6.90. The Hall–Kier alpha value is -1.34. The molecule has 0 saturated carbocycles. The molecule has 2 fully saturated rings. The Morgan fingerprint density at radius 3 is 2.70 bits per heavy atom. The van der Waals surface area contributed by atoms with Gasteiger partial charge in [0, 0.05) is 6.54 Å². The van der Waals surface area contributed by atoms with E-state index in [-0.39, 0.29) is 18.5 Å². The molecule has 2 heterocycles. The molecule has 0 spiro atoms. The van der Waals surface area contributed by atoms with Crippen molar-refractivity contribution in [2.24, 2.45) is 5.73 Å². The zero-order valence-electron chi connectivity index (χ0n) is 12.3. The molecule has 0 radical (unpaired) electrons. The molecule has 0 bridgehead atoms. The highest BCUT2D eigenvalue weighted by molar-refractivity contribution is 5.83. The van der Waals surface area contributed by atoms with Crippen LogP contribution in [0.1, 0.15) is 33.6 Å². The van der Waals surface area contributed by atoms with Gasteiger partial charge in [-0.05, 0) is 33.6 Å². The van der Waals surface area contributed by atoms with Crippen LogP contribution >= 0.6 is 0 Å². The number of rotatable bonds is 3. The Kier molecular flexibility index (Phi) is 3.93. The maximum Gasteiger partial charge on any atom is 0.408 e. The summed E-state index contributed by atoms with van der Waals surface area (Å²) in [6.45, 7) is 6.37. The molecule has 114 valence electrons. The summed E-state index contributed by atoms with van der Waals surface area (Å²) in [6, 6.07) is -0.0876. The van der Waals surface area contributed by atoms with Gasteiger partial charge in [-0.1, -0.05) is 0 Å². The lowest BCUT2D eigenvalue weighted by molar-refractivity contribution is -0.132. The second kappa shape index (κ2) is 5.21. The molecule has 2 atom stereocenters. The van der Waals surface area contributed by atoms with Crippen LogP contribution in [0.25, 0.3) is 0 Å². The Bertz CT molecular complexity index is 401. The largest absolute Gasteiger partial charge is 0.444 e. The van der Waals surface area contributed by atoms with E-state index in [2.05, 4.69) is 5.32 Å². The number of likely N-dealkylation sites (tertiary alicyclic amines) is 1. The maximum absolute atomic E-state index is 12.1. The number of carbonyl (C=O) groups is 2. The summed E-state index contributed by atoms with van der Waals surface area (Å²) in [5, 5.41) is 2.47. The van der Waals surface area contributed by atoms with Crippen molar-refractivity contribution < 1.29 is 19.1 Å². The molecule has 20 heavy (non-hydrogen) atoms. The van der Waals surface area contributed by atoms with E-state index in [1.807, 2.05) is 0 Å². The minimum atomic E-state index is -0.682. The Morgan fingerprint density at radius 2 is 2.15 bits per heavy atom. The second-order valence-corrected chi connectivity index (χ2v) is 6.34.